The molecule has 1 aliphatic heterocycles. The van der Waals surface area contributed by atoms with E-state index in [4.69, 9.17) is 17.0 Å². The first kappa shape index (κ1) is 24.8. The van der Waals surface area contributed by atoms with E-state index in [2.05, 4.69) is 10.6 Å². The minimum atomic E-state index is -0.964. The molecule has 1 heterocycles. The highest BCUT2D eigenvalue weighted by molar-refractivity contribution is 7.80. The number of ether oxygens (including phenoxy) is 1. The number of nitrogens with zero attached hydrogens (tertiary/aromatic N) is 2. The fourth-order valence-corrected chi connectivity index (χ4v) is 3.86. The molecule has 3 rings (SSSR count). The Morgan fingerprint density at radius 3 is 2.62 bits per heavy atom. The van der Waals surface area contributed by atoms with Gasteiger partial charge in [-0.1, -0.05) is 42.5 Å². The number of piperazine rings is 1. The number of benzene rings is 2. The molecular formula is C23H24N4O6S. The first-order chi connectivity index (χ1) is 16.4. The second-order valence-corrected chi connectivity index (χ2v) is 7.93. The Morgan fingerprint density at radius 1 is 1.18 bits per heavy atom. The van der Waals surface area contributed by atoms with Crippen molar-refractivity contribution in [2.75, 3.05) is 19.7 Å². The molecule has 2 amide bonds. The second-order valence-electron chi connectivity index (χ2n) is 7.55. The lowest BCUT2D eigenvalue weighted by Gasteiger charge is -2.36. The van der Waals surface area contributed by atoms with Crippen LogP contribution < -0.4 is 10.6 Å². The van der Waals surface area contributed by atoms with E-state index in [1.165, 1.54) is 29.2 Å². The van der Waals surface area contributed by atoms with Crippen molar-refractivity contribution in [2.45, 2.75) is 25.3 Å². The number of esters is 1. The van der Waals surface area contributed by atoms with Gasteiger partial charge < -0.3 is 15.0 Å². The number of nitro benzene ring substituents is 1. The van der Waals surface area contributed by atoms with Crippen molar-refractivity contribution in [3.05, 3.63) is 75.8 Å². The largest absolute Gasteiger partial charge is 0.466 e. The first-order valence-corrected chi connectivity index (χ1v) is 11.1. The van der Waals surface area contributed by atoms with E-state index < -0.39 is 28.7 Å². The third kappa shape index (κ3) is 6.58. The van der Waals surface area contributed by atoms with Crippen LogP contribution in [0.1, 0.15) is 28.8 Å². The fourth-order valence-electron chi connectivity index (χ4n) is 3.55. The molecule has 0 aromatic heterocycles. The molecule has 178 valence electrons. The number of para-hydroxylation sites is 1. The lowest BCUT2D eigenvalue weighted by Crippen LogP contribution is -2.60. The van der Waals surface area contributed by atoms with Crippen molar-refractivity contribution in [1.29, 1.82) is 0 Å². The minimum absolute atomic E-state index is 0.0973. The summed E-state index contributed by atoms with van der Waals surface area (Å²) in [5.41, 5.74) is 0.608. The number of hydrogen-bond donors (Lipinski definition) is 2. The molecule has 0 aliphatic carbocycles. The predicted molar refractivity (Wildman–Crippen MR) is 127 cm³/mol. The Balaban J connectivity index is 1.57. The molecule has 2 N–H and O–H groups in total. The molecule has 0 bridgehead atoms. The number of nitro groups is 1. The lowest BCUT2D eigenvalue weighted by atomic mass is 10.1. The van der Waals surface area contributed by atoms with Gasteiger partial charge in [0.1, 0.15) is 11.6 Å². The molecule has 1 saturated heterocycles. The summed E-state index contributed by atoms with van der Waals surface area (Å²) >= 11 is 5.29. The van der Waals surface area contributed by atoms with Gasteiger partial charge in [0.15, 0.2) is 5.11 Å². The van der Waals surface area contributed by atoms with Gasteiger partial charge in [-0.05, 0) is 36.7 Å². The van der Waals surface area contributed by atoms with E-state index in [1.807, 2.05) is 30.3 Å². The van der Waals surface area contributed by atoms with Crippen LogP contribution in [0, 0.1) is 10.1 Å². The van der Waals surface area contributed by atoms with Gasteiger partial charge in [0.2, 0.25) is 5.91 Å². The van der Waals surface area contributed by atoms with Crippen LogP contribution in [0.25, 0.3) is 0 Å². The zero-order chi connectivity index (χ0) is 24.5. The first-order valence-electron chi connectivity index (χ1n) is 10.7. The van der Waals surface area contributed by atoms with E-state index in [9.17, 15) is 24.5 Å². The van der Waals surface area contributed by atoms with E-state index in [1.54, 1.807) is 0 Å². The van der Waals surface area contributed by atoms with Gasteiger partial charge in [-0.2, -0.15) is 0 Å². The second kappa shape index (κ2) is 11.8. The van der Waals surface area contributed by atoms with Crippen LogP contribution in [0.2, 0.25) is 0 Å². The van der Waals surface area contributed by atoms with Gasteiger partial charge in [0, 0.05) is 19.2 Å². The van der Waals surface area contributed by atoms with Gasteiger partial charge in [0.25, 0.3) is 11.6 Å². The summed E-state index contributed by atoms with van der Waals surface area (Å²) < 4.78 is 5.28. The minimum Gasteiger partial charge on any atom is -0.466 e. The predicted octanol–water partition coefficient (Wildman–Crippen LogP) is 1.98. The Kier molecular flexibility index (Phi) is 8.63. The van der Waals surface area contributed by atoms with E-state index in [0.29, 0.717) is 6.42 Å². The Hall–Kier alpha value is -3.86. The zero-order valence-corrected chi connectivity index (χ0v) is 19.1. The average Bonchev–Trinajstić information content (AvgIpc) is 2.83. The Morgan fingerprint density at radius 2 is 1.88 bits per heavy atom. The van der Waals surface area contributed by atoms with Crippen molar-refractivity contribution >= 4 is 40.8 Å². The number of nitrogens with one attached hydrogen (secondary N) is 2. The van der Waals surface area contributed by atoms with Crippen LogP contribution in [-0.4, -0.2) is 58.5 Å². The molecule has 11 heteroatoms. The van der Waals surface area contributed by atoms with Crippen molar-refractivity contribution in [3.63, 3.8) is 0 Å². The number of aryl methyl sites for hydroxylation is 1. The van der Waals surface area contributed by atoms with Crippen LogP contribution >= 0.6 is 12.2 Å². The monoisotopic (exact) mass is 484 g/mol. The zero-order valence-electron chi connectivity index (χ0n) is 18.3. The maximum absolute atomic E-state index is 12.6. The van der Waals surface area contributed by atoms with Gasteiger partial charge in [0.05, 0.1) is 18.0 Å². The molecule has 1 unspecified atom stereocenters. The van der Waals surface area contributed by atoms with Crippen LogP contribution in [0.4, 0.5) is 5.69 Å². The summed E-state index contributed by atoms with van der Waals surface area (Å²) in [4.78, 5) is 49.4. The highest BCUT2D eigenvalue weighted by atomic mass is 32.1. The molecule has 0 radical (unpaired) electrons. The number of amides is 2. The highest BCUT2D eigenvalue weighted by Gasteiger charge is 2.34. The van der Waals surface area contributed by atoms with Crippen LogP contribution in [0.5, 0.6) is 0 Å². The number of thiocarbonyl (C=S) groups is 1. The van der Waals surface area contributed by atoms with Crippen LogP contribution in [0.15, 0.2) is 54.6 Å². The maximum atomic E-state index is 12.6. The summed E-state index contributed by atoms with van der Waals surface area (Å²) in [6, 6.07) is 14.3. The quantitative estimate of drug-likeness (QED) is 0.191. The summed E-state index contributed by atoms with van der Waals surface area (Å²) in [7, 11) is 0. The molecule has 1 atom stereocenters. The Bertz CT molecular complexity index is 1080. The maximum Gasteiger partial charge on any atom is 0.308 e. The molecule has 2 aromatic rings. The third-order valence-electron chi connectivity index (χ3n) is 5.23. The van der Waals surface area contributed by atoms with Crippen molar-refractivity contribution < 1.29 is 24.0 Å². The lowest BCUT2D eigenvalue weighted by molar-refractivity contribution is -0.385. The molecule has 1 fully saturated rings. The van der Waals surface area contributed by atoms with E-state index in [-0.39, 0.29) is 42.5 Å². The fraction of sp³-hybridized carbons (Fsp3) is 0.304. The molecular weight excluding hydrogens is 460 g/mol. The standard InChI is InChI=1S/C23H24N4O6S/c28-20(33-14-6-9-16-7-2-1-3-8-16)15-19-22(30)24-12-13-26(19)23(34)25-21(29)17-10-4-5-11-18(17)27(31)32/h1-5,7-8,10-11,19H,6,9,12-15H2,(H,24,30)(H,25,29,34). The number of hydrogen-bond acceptors (Lipinski definition) is 7. The molecule has 2 aromatic carbocycles. The van der Waals surface area contributed by atoms with Crippen molar-refractivity contribution in [2.24, 2.45) is 0 Å². The smallest absolute Gasteiger partial charge is 0.308 e. The topological polar surface area (TPSA) is 131 Å². The molecule has 10 nitrogen and oxygen atoms in total. The average molecular weight is 485 g/mol. The summed E-state index contributed by atoms with van der Waals surface area (Å²) in [6.45, 7) is 0.734. The van der Waals surface area contributed by atoms with E-state index >= 15 is 0 Å². The van der Waals surface area contributed by atoms with Crippen molar-refractivity contribution in [1.82, 2.24) is 15.5 Å². The normalized spacial score (nSPS) is 15.2. The molecule has 1 aliphatic rings. The Labute approximate surface area is 201 Å². The summed E-state index contributed by atoms with van der Waals surface area (Å²) in [5, 5.41) is 16.2. The number of rotatable bonds is 8. The highest BCUT2D eigenvalue weighted by Crippen LogP contribution is 2.18. The van der Waals surface area contributed by atoms with E-state index in [0.717, 1.165) is 12.0 Å². The number of carbonyl (C=O) groups is 3. The van der Waals surface area contributed by atoms with Crippen LogP contribution in [-0.2, 0) is 20.7 Å². The van der Waals surface area contributed by atoms with Gasteiger partial charge >= 0.3 is 5.97 Å². The molecule has 34 heavy (non-hydrogen) atoms. The summed E-state index contributed by atoms with van der Waals surface area (Å²) in [6.07, 6.45) is 1.14. The van der Waals surface area contributed by atoms with Gasteiger partial charge in [-0.25, -0.2) is 0 Å². The van der Waals surface area contributed by atoms with Crippen molar-refractivity contribution in [3.8, 4) is 0 Å². The van der Waals surface area contributed by atoms with Gasteiger partial charge in [-0.15, -0.1) is 0 Å². The molecule has 0 saturated carbocycles. The third-order valence-corrected chi connectivity index (χ3v) is 5.57. The SMILES string of the molecule is O=C(CC1C(=O)NCCN1C(=S)NC(=O)c1ccccc1[N+](=O)[O-])OCCCc1ccccc1. The molecule has 0 spiro atoms. The van der Waals surface area contributed by atoms with Crippen LogP contribution in [0.3, 0.4) is 0 Å². The number of carbonyl (C=O) groups excluding carboxylic acids is 3. The van der Waals surface area contributed by atoms with Gasteiger partial charge in [-0.3, -0.25) is 29.8 Å². The summed E-state index contributed by atoms with van der Waals surface area (Å²) in [5.74, 6) is -1.76.